The molecule has 1 N–H and O–H groups in total. The van der Waals surface area contributed by atoms with Gasteiger partial charge in [0.15, 0.2) is 0 Å². The minimum Gasteiger partial charge on any atom is -0.335 e. The number of urea groups is 1. The average Bonchev–Trinajstić information content (AvgIpc) is 2.76. The van der Waals surface area contributed by atoms with Gasteiger partial charge in [-0.1, -0.05) is 19.3 Å². The van der Waals surface area contributed by atoms with Gasteiger partial charge in [-0.25, -0.2) is 9.78 Å². The Kier molecular flexibility index (Phi) is 4.58. The number of carbonyl (C=O) groups excluding carboxylic acids is 1. The second-order valence-electron chi connectivity index (χ2n) is 5.00. The first kappa shape index (κ1) is 13.3. The maximum atomic E-state index is 12.0. The van der Waals surface area contributed by atoms with Crippen molar-refractivity contribution in [2.45, 2.75) is 51.6 Å². The van der Waals surface area contributed by atoms with Crippen molar-refractivity contribution in [2.24, 2.45) is 0 Å². The van der Waals surface area contributed by atoms with Gasteiger partial charge >= 0.3 is 6.03 Å². The van der Waals surface area contributed by atoms with Crippen LogP contribution in [-0.2, 0) is 6.54 Å². The predicted molar refractivity (Wildman–Crippen MR) is 73.7 cm³/mol. The highest BCUT2D eigenvalue weighted by Gasteiger charge is 2.18. The van der Waals surface area contributed by atoms with Crippen LogP contribution in [0.4, 0.5) is 4.79 Å². The summed E-state index contributed by atoms with van der Waals surface area (Å²) >= 11 is 1.61. The van der Waals surface area contributed by atoms with Gasteiger partial charge in [-0.05, 0) is 19.8 Å². The van der Waals surface area contributed by atoms with Crippen LogP contribution in [0.3, 0.4) is 0 Å². The summed E-state index contributed by atoms with van der Waals surface area (Å²) in [5.41, 5.74) is 2.86. The van der Waals surface area contributed by atoms with Crippen LogP contribution in [0.15, 0.2) is 5.51 Å². The van der Waals surface area contributed by atoms with Crippen LogP contribution >= 0.6 is 11.3 Å². The second-order valence-corrected chi connectivity index (χ2v) is 5.94. The molecule has 100 valence electrons. The maximum absolute atomic E-state index is 12.0. The molecule has 1 aromatic heterocycles. The molecular formula is C13H21N3OS. The molecule has 1 heterocycles. The lowest BCUT2D eigenvalue weighted by Crippen LogP contribution is -2.43. The third kappa shape index (κ3) is 3.45. The van der Waals surface area contributed by atoms with Crippen LogP contribution in [-0.4, -0.2) is 29.0 Å². The highest BCUT2D eigenvalue weighted by molar-refractivity contribution is 7.09. The van der Waals surface area contributed by atoms with E-state index in [4.69, 9.17) is 0 Å². The zero-order valence-electron chi connectivity index (χ0n) is 11.1. The van der Waals surface area contributed by atoms with E-state index in [0.717, 1.165) is 23.4 Å². The van der Waals surface area contributed by atoms with E-state index in [1.165, 1.54) is 19.3 Å². The van der Waals surface area contributed by atoms with E-state index >= 15 is 0 Å². The van der Waals surface area contributed by atoms with E-state index in [1.807, 2.05) is 19.5 Å². The lowest BCUT2D eigenvalue weighted by Gasteiger charge is -2.26. The zero-order valence-corrected chi connectivity index (χ0v) is 11.9. The average molecular weight is 267 g/mol. The molecule has 1 saturated carbocycles. The molecule has 0 radical (unpaired) electrons. The summed E-state index contributed by atoms with van der Waals surface area (Å²) in [4.78, 5) is 19.2. The number of rotatable bonds is 3. The van der Waals surface area contributed by atoms with E-state index in [9.17, 15) is 4.79 Å². The zero-order chi connectivity index (χ0) is 13.0. The van der Waals surface area contributed by atoms with E-state index in [1.54, 1.807) is 16.2 Å². The van der Waals surface area contributed by atoms with Gasteiger partial charge in [-0.3, -0.25) is 0 Å². The second kappa shape index (κ2) is 6.18. The number of aromatic nitrogens is 1. The largest absolute Gasteiger partial charge is 0.335 e. The molecule has 2 amide bonds. The lowest BCUT2D eigenvalue weighted by molar-refractivity contribution is 0.199. The van der Waals surface area contributed by atoms with E-state index in [-0.39, 0.29) is 6.03 Å². The number of thiazole rings is 1. The van der Waals surface area contributed by atoms with Gasteiger partial charge in [0.2, 0.25) is 0 Å². The molecule has 5 heteroatoms. The smallest absolute Gasteiger partial charge is 0.317 e. The molecule has 1 aliphatic rings. The van der Waals surface area contributed by atoms with Gasteiger partial charge in [-0.2, -0.15) is 0 Å². The van der Waals surface area contributed by atoms with Crippen molar-refractivity contribution in [1.29, 1.82) is 0 Å². The molecule has 0 spiro atoms. The highest BCUT2D eigenvalue weighted by Crippen LogP contribution is 2.18. The number of carbonyl (C=O) groups is 1. The van der Waals surface area contributed by atoms with Crippen LogP contribution in [0.1, 0.15) is 42.7 Å². The van der Waals surface area contributed by atoms with Gasteiger partial charge in [0.05, 0.1) is 17.7 Å². The number of hydrogen-bond donors (Lipinski definition) is 1. The highest BCUT2D eigenvalue weighted by atomic mass is 32.1. The van der Waals surface area contributed by atoms with Crippen molar-refractivity contribution in [3.05, 3.63) is 16.1 Å². The van der Waals surface area contributed by atoms with Crippen LogP contribution < -0.4 is 5.32 Å². The summed E-state index contributed by atoms with van der Waals surface area (Å²) in [7, 11) is 1.84. The molecule has 0 aliphatic heterocycles. The fourth-order valence-electron chi connectivity index (χ4n) is 2.30. The molecular weight excluding hydrogens is 246 g/mol. The first-order chi connectivity index (χ1) is 8.66. The van der Waals surface area contributed by atoms with Crippen LogP contribution in [0, 0.1) is 6.92 Å². The fraction of sp³-hybridized carbons (Fsp3) is 0.692. The Morgan fingerprint density at radius 2 is 2.22 bits per heavy atom. The van der Waals surface area contributed by atoms with Crippen molar-refractivity contribution in [3.8, 4) is 0 Å². The number of amides is 2. The molecule has 18 heavy (non-hydrogen) atoms. The fourth-order valence-corrected chi connectivity index (χ4v) is 3.13. The van der Waals surface area contributed by atoms with Crippen LogP contribution in [0.5, 0.6) is 0 Å². The van der Waals surface area contributed by atoms with Crippen molar-refractivity contribution in [3.63, 3.8) is 0 Å². The first-order valence-corrected chi connectivity index (χ1v) is 7.45. The van der Waals surface area contributed by atoms with E-state index in [0.29, 0.717) is 12.6 Å². The van der Waals surface area contributed by atoms with Crippen LogP contribution in [0.2, 0.25) is 0 Å². The third-order valence-electron chi connectivity index (χ3n) is 3.51. The Labute approximate surface area is 112 Å². The molecule has 0 bridgehead atoms. The number of aryl methyl sites for hydroxylation is 1. The van der Waals surface area contributed by atoms with Gasteiger partial charge in [0.1, 0.15) is 0 Å². The van der Waals surface area contributed by atoms with Crippen molar-refractivity contribution < 1.29 is 4.79 Å². The molecule has 0 unspecified atom stereocenters. The van der Waals surface area contributed by atoms with Crippen molar-refractivity contribution in [2.75, 3.05) is 7.05 Å². The number of hydrogen-bond acceptors (Lipinski definition) is 3. The molecule has 4 nitrogen and oxygen atoms in total. The quantitative estimate of drug-likeness (QED) is 0.915. The standard InChI is InChI=1S/C13H21N3OS/c1-10-12(18-9-14-10)8-16(2)13(17)15-11-6-4-3-5-7-11/h9,11H,3-8H2,1-2H3,(H,15,17). The van der Waals surface area contributed by atoms with Gasteiger partial charge in [-0.15, -0.1) is 11.3 Å². The molecule has 0 saturated heterocycles. The Hall–Kier alpha value is -1.10. The van der Waals surface area contributed by atoms with Gasteiger partial charge in [0.25, 0.3) is 0 Å². The van der Waals surface area contributed by atoms with E-state index < -0.39 is 0 Å². The first-order valence-electron chi connectivity index (χ1n) is 6.57. The molecule has 0 aromatic carbocycles. The van der Waals surface area contributed by atoms with Gasteiger partial charge in [0, 0.05) is 18.0 Å². The minimum atomic E-state index is 0.0368. The van der Waals surface area contributed by atoms with Gasteiger partial charge < -0.3 is 10.2 Å². The van der Waals surface area contributed by atoms with Crippen molar-refractivity contribution >= 4 is 17.4 Å². The SMILES string of the molecule is Cc1ncsc1CN(C)C(=O)NC1CCCCC1. The summed E-state index contributed by atoms with van der Waals surface area (Å²) in [5.74, 6) is 0. The molecule has 2 rings (SSSR count). The molecule has 1 aliphatic carbocycles. The predicted octanol–water partition coefficient (Wildman–Crippen LogP) is 2.93. The molecule has 1 fully saturated rings. The summed E-state index contributed by atoms with van der Waals surface area (Å²) in [6, 6.07) is 0.408. The summed E-state index contributed by atoms with van der Waals surface area (Å²) in [6.07, 6.45) is 6.03. The summed E-state index contributed by atoms with van der Waals surface area (Å²) in [6.45, 7) is 2.63. The monoisotopic (exact) mass is 267 g/mol. The Morgan fingerprint density at radius 3 is 2.83 bits per heavy atom. The maximum Gasteiger partial charge on any atom is 0.317 e. The van der Waals surface area contributed by atoms with E-state index in [2.05, 4.69) is 10.3 Å². The number of nitrogens with one attached hydrogen (secondary N) is 1. The Balaban J connectivity index is 1.83. The number of nitrogens with zero attached hydrogens (tertiary/aromatic N) is 2. The molecule has 1 aromatic rings. The lowest BCUT2D eigenvalue weighted by atomic mass is 9.96. The Morgan fingerprint density at radius 1 is 1.50 bits per heavy atom. The Bertz CT molecular complexity index is 399. The third-order valence-corrected chi connectivity index (χ3v) is 4.42. The summed E-state index contributed by atoms with van der Waals surface area (Å²) in [5, 5.41) is 3.12. The topological polar surface area (TPSA) is 45.2 Å². The molecule has 0 atom stereocenters. The van der Waals surface area contributed by atoms with Crippen molar-refractivity contribution in [1.82, 2.24) is 15.2 Å². The summed E-state index contributed by atoms with van der Waals surface area (Å²) < 4.78 is 0. The minimum absolute atomic E-state index is 0.0368. The van der Waals surface area contributed by atoms with Crippen LogP contribution in [0.25, 0.3) is 0 Å². The normalized spacial score (nSPS) is 16.6.